The third-order valence-electron chi connectivity index (χ3n) is 6.31. The maximum Gasteiger partial charge on any atom is 0.257 e. The van der Waals surface area contributed by atoms with Gasteiger partial charge in [-0.3, -0.25) is 14.5 Å². The molecule has 32 heavy (non-hydrogen) atoms. The first-order valence-corrected chi connectivity index (χ1v) is 10.9. The van der Waals surface area contributed by atoms with Gasteiger partial charge in [0, 0.05) is 50.7 Å². The van der Waals surface area contributed by atoms with E-state index in [9.17, 15) is 9.90 Å². The summed E-state index contributed by atoms with van der Waals surface area (Å²) in [5, 5.41) is 14.2. The van der Waals surface area contributed by atoms with E-state index in [1.54, 1.807) is 30.3 Å². The highest BCUT2D eigenvalue weighted by molar-refractivity contribution is 5.93. The van der Waals surface area contributed by atoms with Gasteiger partial charge in [0.1, 0.15) is 18.1 Å². The van der Waals surface area contributed by atoms with Crippen LogP contribution in [-0.2, 0) is 13.5 Å². The molecule has 2 unspecified atom stereocenters. The first kappa shape index (κ1) is 20.5. The summed E-state index contributed by atoms with van der Waals surface area (Å²) in [6.45, 7) is 1.21. The van der Waals surface area contributed by atoms with E-state index in [0.717, 1.165) is 36.1 Å². The third kappa shape index (κ3) is 3.93. The molecule has 2 aliphatic rings. The van der Waals surface area contributed by atoms with Crippen molar-refractivity contribution in [3.8, 4) is 16.9 Å². The lowest BCUT2D eigenvalue weighted by atomic mass is 9.96. The number of aromatic nitrogens is 3. The van der Waals surface area contributed by atoms with Gasteiger partial charge in [0.25, 0.3) is 5.91 Å². The van der Waals surface area contributed by atoms with Crippen molar-refractivity contribution in [3.05, 3.63) is 60.2 Å². The van der Waals surface area contributed by atoms with E-state index in [1.165, 1.54) is 5.56 Å². The fourth-order valence-electron chi connectivity index (χ4n) is 4.50. The highest BCUT2D eigenvalue weighted by Gasteiger charge is 2.29. The molecule has 1 N–H and O–H groups in total. The average Bonchev–Trinajstić information content (AvgIpc) is 3.45. The van der Waals surface area contributed by atoms with Crippen LogP contribution in [0.5, 0.6) is 5.75 Å². The number of hydrogen-bond donors (Lipinski definition) is 1. The molecular formula is C24H27N5O3. The summed E-state index contributed by atoms with van der Waals surface area (Å²) in [6.07, 6.45) is 8.76. The van der Waals surface area contributed by atoms with Crippen molar-refractivity contribution in [2.45, 2.75) is 31.6 Å². The maximum atomic E-state index is 12.6. The SMILES string of the molecule is CN1c2ccc(-c3cncc(OC4CCN(C(=O)c5cnn(C)c5)C4)c3)cc2CCC1O. The molecule has 2 aromatic heterocycles. The quantitative estimate of drug-likeness (QED) is 0.681. The van der Waals surface area contributed by atoms with Crippen LogP contribution in [0.3, 0.4) is 0 Å². The molecule has 1 fully saturated rings. The van der Waals surface area contributed by atoms with E-state index in [1.807, 2.05) is 29.1 Å². The molecule has 8 nitrogen and oxygen atoms in total. The molecule has 3 aromatic rings. The Morgan fingerprint density at radius 1 is 1.12 bits per heavy atom. The Morgan fingerprint density at radius 3 is 2.81 bits per heavy atom. The fraction of sp³-hybridized carbons (Fsp3) is 0.375. The van der Waals surface area contributed by atoms with Gasteiger partial charge in [0.05, 0.1) is 24.5 Å². The van der Waals surface area contributed by atoms with Gasteiger partial charge in [-0.15, -0.1) is 0 Å². The van der Waals surface area contributed by atoms with Crippen molar-refractivity contribution < 1.29 is 14.6 Å². The minimum absolute atomic E-state index is 0.0137. The van der Waals surface area contributed by atoms with Crippen molar-refractivity contribution >= 4 is 11.6 Å². The number of benzene rings is 1. The van der Waals surface area contributed by atoms with Crippen molar-refractivity contribution in [1.29, 1.82) is 0 Å². The lowest BCUT2D eigenvalue weighted by Crippen LogP contribution is -2.35. The number of ether oxygens (including phenoxy) is 1. The van der Waals surface area contributed by atoms with Crippen LogP contribution in [0.1, 0.15) is 28.8 Å². The van der Waals surface area contributed by atoms with Gasteiger partial charge in [-0.1, -0.05) is 6.07 Å². The van der Waals surface area contributed by atoms with Crippen molar-refractivity contribution in [2.24, 2.45) is 7.05 Å². The molecule has 0 spiro atoms. The number of anilines is 1. The number of aliphatic hydroxyl groups is 1. The minimum Gasteiger partial charge on any atom is -0.487 e. The van der Waals surface area contributed by atoms with Crippen LogP contribution in [0.15, 0.2) is 49.1 Å². The fourth-order valence-corrected chi connectivity index (χ4v) is 4.50. The smallest absolute Gasteiger partial charge is 0.257 e. The van der Waals surface area contributed by atoms with Crippen molar-refractivity contribution in [3.63, 3.8) is 0 Å². The van der Waals surface area contributed by atoms with Gasteiger partial charge in [0.2, 0.25) is 0 Å². The summed E-state index contributed by atoms with van der Waals surface area (Å²) in [6, 6.07) is 8.28. The molecule has 1 saturated heterocycles. The largest absolute Gasteiger partial charge is 0.487 e. The number of amides is 1. The second-order valence-corrected chi connectivity index (χ2v) is 8.57. The van der Waals surface area contributed by atoms with Gasteiger partial charge in [-0.2, -0.15) is 5.10 Å². The van der Waals surface area contributed by atoms with E-state index >= 15 is 0 Å². The molecular weight excluding hydrogens is 406 g/mol. The molecule has 0 aliphatic carbocycles. The van der Waals surface area contributed by atoms with Gasteiger partial charge < -0.3 is 19.6 Å². The predicted molar refractivity (Wildman–Crippen MR) is 121 cm³/mol. The molecule has 2 aliphatic heterocycles. The molecule has 0 saturated carbocycles. The third-order valence-corrected chi connectivity index (χ3v) is 6.31. The highest BCUT2D eigenvalue weighted by Crippen LogP contribution is 2.33. The monoisotopic (exact) mass is 433 g/mol. The van der Waals surface area contributed by atoms with Crippen LogP contribution in [0.25, 0.3) is 11.1 Å². The molecule has 166 valence electrons. The highest BCUT2D eigenvalue weighted by atomic mass is 16.5. The molecule has 0 bridgehead atoms. The van der Waals surface area contributed by atoms with Crippen molar-refractivity contribution in [2.75, 3.05) is 25.0 Å². The molecule has 2 atom stereocenters. The average molecular weight is 434 g/mol. The second-order valence-electron chi connectivity index (χ2n) is 8.57. The predicted octanol–water partition coefficient (Wildman–Crippen LogP) is 2.48. The second kappa shape index (κ2) is 8.27. The number of aryl methyl sites for hydroxylation is 2. The maximum absolute atomic E-state index is 12.6. The standard InChI is InChI=1S/C24H27N5O3/c1-27-14-19(12-26-27)24(31)29-8-7-20(15-29)32-21-10-18(11-25-13-21)16-3-5-22-17(9-16)4-6-23(30)28(22)2/h3,5,9-14,20,23,30H,4,6-8,15H2,1-2H3. The molecule has 1 aromatic carbocycles. The molecule has 1 amide bonds. The summed E-state index contributed by atoms with van der Waals surface area (Å²) >= 11 is 0. The molecule has 4 heterocycles. The Kier molecular flexibility index (Phi) is 5.30. The number of carbonyl (C=O) groups is 1. The lowest BCUT2D eigenvalue weighted by Gasteiger charge is -2.32. The molecule has 0 radical (unpaired) electrons. The first-order valence-electron chi connectivity index (χ1n) is 10.9. The molecule has 8 heteroatoms. The number of aliphatic hydroxyl groups excluding tert-OH is 1. The van der Waals surface area contributed by atoms with Gasteiger partial charge in [-0.05, 0) is 42.2 Å². The number of pyridine rings is 1. The summed E-state index contributed by atoms with van der Waals surface area (Å²) in [5.74, 6) is 0.689. The topological polar surface area (TPSA) is 83.7 Å². The normalized spacial score (nSPS) is 20.3. The van der Waals surface area contributed by atoms with Crippen LogP contribution in [0, 0.1) is 0 Å². The Morgan fingerprint density at radius 2 is 2.00 bits per heavy atom. The number of fused-ring (bicyclic) bond motifs is 1. The zero-order valence-corrected chi connectivity index (χ0v) is 18.3. The summed E-state index contributed by atoms with van der Waals surface area (Å²) in [4.78, 5) is 20.8. The molecule has 5 rings (SSSR count). The van der Waals surface area contributed by atoms with E-state index in [0.29, 0.717) is 24.4 Å². The lowest BCUT2D eigenvalue weighted by molar-refractivity contribution is 0.0772. The zero-order valence-electron chi connectivity index (χ0n) is 18.3. The van der Waals surface area contributed by atoms with E-state index in [4.69, 9.17) is 4.74 Å². The van der Waals surface area contributed by atoms with Crippen LogP contribution >= 0.6 is 0 Å². The van der Waals surface area contributed by atoms with Gasteiger partial charge in [0.15, 0.2) is 0 Å². The van der Waals surface area contributed by atoms with Crippen LogP contribution in [0.4, 0.5) is 5.69 Å². The van der Waals surface area contributed by atoms with Crippen LogP contribution in [0.2, 0.25) is 0 Å². The number of nitrogens with zero attached hydrogens (tertiary/aromatic N) is 5. The number of hydrogen-bond acceptors (Lipinski definition) is 6. The minimum atomic E-state index is -0.428. The Bertz CT molecular complexity index is 1140. The van der Waals surface area contributed by atoms with Crippen LogP contribution < -0.4 is 9.64 Å². The van der Waals surface area contributed by atoms with E-state index in [-0.39, 0.29) is 12.0 Å². The summed E-state index contributed by atoms with van der Waals surface area (Å²) in [5.41, 5.74) is 4.95. The van der Waals surface area contributed by atoms with Gasteiger partial charge in [-0.25, -0.2) is 0 Å². The Balaban J connectivity index is 1.28. The zero-order chi connectivity index (χ0) is 22.2. The summed E-state index contributed by atoms with van der Waals surface area (Å²) in [7, 11) is 3.72. The van der Waals surface area contributed by atoms with E-state index in [2.05, 4.69) is 28.3 Å². The first-order chi connectivity index (χ1) is 15.5. The summed E-state index contributed by atoms with van der Waals surface area (Å²) < 4.78 is 7.82. The number of likely N-dealkylation sites (tertiary alicyclic amines) is 1. The van der Waals surface area contributed by atoms with Gasteiger partial charge >= 0.3 is 0 Å². The Labute approximate surface area is 187 Å². The Hall–Kier alpha value is -3.39. The van der Waals surface area contributed by atoms with Crippen molar-refractivity contribution in [1.82, 2.24) is 19.7 Å². The van der Waals surface area contributed by atoms with E-state index < -0.39 is 6.23 Å². The number of carbonyl (C=O) groups excluding carboxylic acids is 1. The number of rotatable bonds is 4. The van der Waals surface area contributed by atoms with Crippen LogP contribution in [-0.4, -0.2) is 63.1 Å².